The fourth-order valence-electron chi connectivity index (χ4n) is 1.17. The summed E-state index contributed by atoms with van der Waals surface area (Å²) in [6.45, 7) is 3.60. The highest BCUT2D eigenvalue weighted by atomic mass is 35.5. The fourth-order valence-corrected chi connectivity index (χ4v) is 2.15. The zero-order valence-electron chi connectivity index (χ0n) is 7.43. The highest BCUT2D eigenvalue weighted by Crippen LogP contribution is 2.36. The topological polar surface area (TPSA) is 26.0 Å². The summed E-state index contributed by atoms with van der Waals surface area (Å²) in [5.41, 5.74) is 0.526. The Morgan fingerprint density at radius 2 is 1.73 bits per heavy atom. The van der Waals surface area contributed by atoms with E-state index in [1.165, 1.54) is 6.20 Å². The largest absolute Gasteiger partial charge is 0.441 e. The molecule has 15 heavy (non-hydrogen) atoms. The quantitative estimate of drug-likeness (QED) is 0.756. The third kappa shape index (κ3) is 2.12. The second-order valence-electron chi connectivity index (χ2n) is 2.88. The number of nitrogens with zero attached hydrogens (tertiary/aromatic N) is 1. The van der Waals surface area contributed by atoms with E-state index in [2.05, 4.69) is 11.9 Å². The minimum atomic E-state index is 0.340. The van der Waals surface area contributed by atoms with Gasteiger partial charge >= 0.3 is 0 Å². The summed E-state index contributed by atoms with van der Waals surface area (Å²) in [6.07, 6.45) is 1.50. The molecule has 1 radical (unpaired) electrons. The Balaban J connectivity index is 2.62. The molecule has 0 fully saturated rings. The summed E-state index contributed by atoms with van der Waals surface area (Å²) in [5.74, 6) is 0.791. The van der Waals surface area contributed by atoms with Crippen LogP contribution in [0.25, 0.3) is 11.5 Å². The molecule has 2 rings (SSSR count). The predicted molar refractivity (Wildman–Crippen MR) is 61.4 cm³/mol. The predicted octanol–water partition coefficient (Wildman–Crippen LogP) is 4.48. The SMILES string of the molecule is [CH2]c1cnc(-c2c(Cl)cc(Cl)cc2Cl)o1. The maximum Gasteiger partial charge on any atom is 0.229 e. The molecule has 5 heteroatoms. The van der Waals surface area contributed by atoms with Crippen molar-refractivity contribution in [2.24, 2.45) is 0 Å². The van der Waals surface area contributed by atoms with E-state index in [-0.39, 0.29) is 0 Å². The number of benzene rings is 1. The number of oxazole rings is 1. The number of aromatic nitrogens is 1. The molecular weight excluding hydrogens is 256 g/mol. The average molecular weight is 262 g/mol. The molecule has 0 saturated carbocycles. The third-order valence-corrected chi connectivity index (χ3v) is 2.59. The van der Waals surface area contributed by atoms with Crippen molar-refractivity contribution in [3.05, 3.63) is 46.1 Å². The Kier molecular flexibility index (Phi) is 2.91. The first-order chi connectivity index (χ1) is 7.08. The van der Waals surface area contributed by atoms with E-state index < -0.39 is 0 Å². The molecule has 2 aromatic rings. The Hall–Kier alpha value is -0.700. The molecule has 77 valence electrons. The lowest BCUT2D eigenvalue weighted by atomic mass is 10.2. The van der Waals surface area contributed by atoms with Gasteiger partial charge in [0.2, 0.25) is 5.89 Å². The zero-order chi connectivity index (χ0) is 11.0. The Labute approximate surface area is 102 Å². The highest BCUT2D eigenvalue weighted by Gasteiger charge is 2.14. The van der Waals surface area contributed by atoms with E-state index in [0.29, 0.717) is 32.3 Å². The first-order valence-electron chi connectivity index (χ1n) is 4.00. The molecule has 0 aliphatic heterocycles. The van der Waals surface area contributed by atoms with Gasteiger partial charge in [0, 0.05) is 11.9 Å². The third-order valence-electron chi connectivity index (χ3n) is 1.77. The van der Waals surface area contributed by atoms with Crippen molar-refractivity contribution in [2.75, 3.05) is 0 Å². The number of hydrogen-bond acceptors (Lipinski definition) is 2. The van der Waals surface area contributed by atoms with Crippen LogP contribution in [0.5, 0.6) is 0 Å². The molecule has 0 aliphatic rings. The van der Waals surface area contributed by atoms with Crippen molar-refractivity contribution in [3.63, 3.8) is 0 Å². The molecule has 1 aromatic carbocycles. The molecule has 0 N–H and O–H groups in total. The molecule has 0 saturated heterocycles. The lowest BCUT2D eigenvalue weighted by Crippen LogP contribution is -1.81. The maximum absolute atomic E-state index is 5.99. The first-order valence-corrected chi connectivity index (χ1v) is 5.14. The van der Waals surface area contributed by atoms with Crippen LogP contribution in [0.3, 0.4) is 0 Å². The van der Waals surface area contributed by atoms with Gasteiger partial charge in [-0.1, -0.05) is 34.8 Å². The highest BCUT2D eigenvalue weighted by molar-refractivity contribution is 6.41. The Morgan fingerprint density at radius 1 is 1.13 bits per heavy atom. The Morgan fingerprint density at radius 3 is 2.20 bits per heavy atom. The van der Waals surface area contributed by atoms with E-state index in [1.54, 1.807) is 12.1 Å². The van der Waals surface area contributed by atoms with Crippen LogP contribution in [-0.2, 0) is 0 Å². The molecule has 2 nitrogen and oxygen atoms in total. The molecule has 0 unspecified atom stereocenters. The van der Waals surface area contributed by atoms with Gasteiger partial charge in [-0.25, -0.2) is 4.98 Å². The second-order valence-corrected chi connectivity index (χ2v) is 4.13. The Bertz CT molecular complexity index is 484. The summed E-state index contributed by atoms with van der Waals surface area (Å²) < 4.78 is 5.24. The van der Waals surface area contributed by atoms with Crippen molar-refractivity contribution < 1.29 is 4.42 Å². The van der Waals surface area contributed by atoms with Crippen molar-refractivity contribution >= 4 is 34.8 Å². The summed E-state index contributed by atoms with van der Waals surface area (Å²) in [6, 6.07) is 3.16. The fraction of sp³-hybridized carbons (Fsp3) is 0. The van der Waals surface area contributed by atoms with Crippen LogP contribution in [-0.4, -0.2) is 4.98 Å². The van der Waals surface area contributed by atoms with E-state index in [0.717, 1.165) is 0 Å². The average Bonchev–Trinajstić information content (AvgIpc) is 2.49. The van der Waals surface area contributed by atoms with Gasteiger partial charge < -0.3 is 4.42 Å². The van der Waals surface area contributed by atoms with Gasteiger partial charge in [-0.2, -0.15) is 0 Å². The monoisotopic (exact) mass is 260 g/mol. The minimum Gasteiger partial charge on any atom is -0.441 e. The molecule has 0 bridgehead atoms. The molecule has 0 spiro atoms. The van der Waals surface area contributed by atoms with Crippen molar-refractivity contribution in [2.45, 2.75) is 0 Å². The van der Waals surface area contributed by atoms with Crippen molar-refractivity contribution in [3.8, 4) is 11.5 Å². The van der Waals surface area contributed by atoms with Gasteiger partial charge in [0.1, 0.15) is 5.76 Å². The molecule has 0 atom stereocenters. The summed E-state index contributed by atoms with van der Waals surface area (Å²) in [7, 11) is 0. The number of halogens is 3. The van der Waals surface area contributed by atoms with Crippen LogP contribution in [0.1, 0.15) is 5.76 Å². The number of hydrogen-bond donors (Lipinski definition) is 0. The molecule has 0 amide bonds. The van der Waals surface area contributed by atoms with Gasteiger partial charge in [0.15, 0.2) is 0 Å². The van der Waals surface area contributed by atoms with Gasteiger partial charge in [0.25, 0.3) is 0 Å². The van der Waals surface area contributed by atoms with Crippen molar-refractivity contribution in [1.82, 2.24) is 4.98 Å². The van der Waals surface area contributed by atoms with Gasteiger partial charge in [-0.05, 0) is 12.1 Å². The molecular formula is C10H5Cl3NO. The number of rotatable bonds is 1. The maximum atomic E-state index is 5.99. The van der Waals surface area contributed by atoms with Crippen LogP contribution in [0.15, 0.2) is 22.7 Å². The zero-order valence-corrected chi connectivity index (χ0v) is 9.70. The smallest absolute Gasteiger partial charge is 0.229 e. The van der Waals surface area contributed by atoms with E-state index in [9.17, 15) is 0 Å². The summed E-state index contributed by atoms with van der Waals surface area (Å²) >= 11 is 17.8. The summed E-state index contributed by atoms with van der Waals surface area (Å²) in [4.78, 5) is 4.00. The molecule has 1 aromatic heterocycles. The van der Waals surface area contributed by atoms with Crippen LogP contribution in [0.4, 0.5) is 0 Å². The first kappa shape index (κ1) is 10.8. The lowest BCUT2D eigenvalue weighted by Gasteiger charge is -2.03. The van der Waals surface area contributed by atoms with Crippen LogP contribution < -0.4 is 0 Å². The second kappa shape index (κ2) is 4.05. The van der Waals surface area contributed by atoms with E-state index >= 15 is 0 Å². The van der Waals surface area contributed by atoms with E-state index in [1.807, 2.05) is 0 Å². The van der Waals surface area contributed by atoms with Crippen LogP contribution >= 0.6 is 34.8 Å². The van der Waals surface area contributed by atoms with Gasteiger partial charge in [-0.15, -0.1) is 0 Å². The van der Waals surface area contributed by atoms with Crippen LogP contribution in [0.2, 0.25) is 15.1 Å². The van der Waals surface area contributed by atoms with Gasteiger partial charge in [-0.3, -0.25) is 0 Å². The van der Waals surface area contributed by atoms with Crippen LogP contribution in [0, 0.1) is 6.92 Å². The summed E-state index contributed by atoms with van der Waals surface area (Å²) in [5, 5.41) is 1.26. The molecule has 1 heterocycles. The van der Waals surface area contributed by atoms with Crippen molar-refractivity contribution in [1.29, 1.82) is 0 Å². The normalized spacial score (nSPS) is 10.7. The molecule has 0 aliphatic carbocycles. The lowest BCUT2D eigenvalue weighted by molar-refractivity contribution is 0.557. The minimum absolute atomic E-state index is 0.340. The standard InChI is InChI=1S/C10H5Cl3NO/c1-5-4-14-10(15-5)9-7(12)2-6(11)3-8(9)13/h2-4H,1H2. The van der Waals surface area contributed by atoms with E-state index in [4.69, 9.17) is 39.2 Å². The van der Waals surface area contributed by atoms with Gasteiger partial charge in [0.05, 0.1) is 21.8 Å².